The van der Waals surface area contributed by atoms with E-state index in [4.69, 9.17) is 9.40 Å². The maximum absolute atomic E-state index is 6.41. The molecule has 7 aromatic carbocycles. The zero-order valence-electron chi connectivity index (χ0n) is 32.8. The van der Waals surface area contributed by atoms with E-state index >= 15 is 0 Å². The molecule has 0 bridgehead atoms. The van der Waals surface area contributed by atoms with Gasteiger partial charge in [-0.05, 0) is 63.6 Å². The predicted molar refractivity (Wildman–Crippen MR) is 238 cm³/mol. The minimum atomic E-state index is -1.34. The topological polar surface area (TPSA) is 43.9 Å². The van der Waals surface area contributed by atoms with E-state index in [0.717, 1.165) is 67.7 Å². The van der Waals surface area contributed by atoms with Crippen molar-refractivity contribution in [3.05, 3.63) is 169 Å². The minimum absolute atomic E-state index is 0. The van der Waals surface area contributed by atoms with Crippen molar-refractivity contribution in [3.8, 4) is 28.3 Å². The molecule has 0 atom stereocenters. The molecular formula is C51H43IrN3OSi-2. The first-order valence-electron chi connectivity index (χ1n) is 19.4. The first-order valence-corrected chi connectivity index (χ1v) is 22.9. The van der Waals surface area contributed by atoms with Crippen LogP contribution >= 0.6 is 0 Å². The Morgan fingerprint density at radius 1 is 0.684 bits per heavy atom. The maximum atomic E-state index is 6.41. The number of imidazole rings is 1. The summed E-state index contributed by atoms with van der Waals surface area (Å²) >= 11 is 0. The van der Waals surface area contributed by atoms with E-state index in [0.29, 0.717) is 5.92 Å². The van der Waals surface area contributed by atoms with Crippen LogP contribution in [0.2, 0.25) is 19.6 Å². The van der Waals surface area contributed by atoms with Crippen LogP contribution in [0.3, 0.4) is 0 Å². The molecule has 1 radical (unpaired) electrons. The van der Waals surface area contributed by atoms with E-state index in [1.807, 2.05) is 42.5 Å². The Morgan fingerprint density at radius 3 is 2.14 bits per heavy atom. The van der Waals surface area contributed by atoms with Crippen LogP contribution in [-0.4, -0.2) is 22.6 Å². The van der Waals surface area contributed by atoms with Crippen molar-refractivity contribution < 1.29 is 24.5 Å². The molecule has 0 saturated heterocycles. The molecule has 10 aromatic rings. The Kier molecular flexibility index (Phi) is 10.5. The second kappa shape index (κ2) is 15.7. The summed E-state index contributed by atoms with van der Waals surface area (Å²) in [6.07, 6.45) is 3.24. The molecule has 0 aliphatic heterocycles. The van der Waals surface area contributed by atoms with Gasteiger partial charge in [-0.1, -0.05) is 135 Å². The zero-order chi connectivity index (χ0) is 38.4. The Morgan fingerprint density at radius 2 is 1.39 bits per heavy atom. The van der Waals surface area contributed by atoms with Crippen LogP contribution in [0, 0.1) is 18.1 Å². The fourth-order valence-electron chi connectivity index (χ4n) is 7.92. The molecule has 0 amide bonds. The van der Waals surface area contributed by atoms with Gasteiger partial charge >= 0.3 is 0 Å². The summed E-state index contributed by atoms with van der Waals surface area (Å²) < 4.78 is 8.67. The van der Waals surface area contributed by atoms with Crippen LogP contribution in [-0.2, 0) is 26.5 Å². The van der Waals surface area contributed by atoms with Crippen molar-refractivity contribution >= 4 is 67.8 Å². The zero-order valence-corrected chi connectivity index (χ0v) is 36.2. The Bertz CT molecular complexity index is 3030. The summed E-state index contributed by atoms with van der Waals surface area (Å²) in [6, 6.07) is 57.1. The minimum Gasteiger partial charge on any atom is -0.501 e. The monoisotopic (exact) mass is 934 g/mol. The summed E-state index contributed by atoms with van der Waals surface area (Å²) in [4.78, 5) is 9.90. The van der Waals surface area contributed by atoms with E-state index in [1.165, 1.54) is 32.3 Å². The summed E-state index contributed by atoms with van der Waals surface area (Å²) in [5.41, 5.74) is 9.22. The van der Waals surface area contributed by atoms with Crippen molar-refractivity contribution in [2.45, 2.75) is 39.9 Å². The first kappa shape index (κ1) is 38.2. The Labute approximate surface area is 348 Å². The van der Waals surface area contributed by atoms with Crippen molar-refractivity contribution in [2.75, 3.05) is 0 Å². The molecule has 0 N–H and O–H groups in total. The molecular weight excluding hydrogens is 891 g/mol. The van der Waals surface area contributed by atoms with Gasteiger partial charge in [-0.3, -0.25) is 4.98 Å². The predicted octanol–water partition coefficient (Wildman–Crippen LogP) is 13.0. The van der Waals surface area contributed by atoms with Gasteiger partial charge in [0.2, 0.25) is 0 Å². The molecule has 0 aliphatic carbocycles. The summed E-state index contributed by atoms with van der Waals surface area (Å²) in [7, 11) is -1.34. The average Bonchev–Trinajstić information content (AvgIpc) is 3.78. The number of aromatic nitrogens is 3. The van der Waals surface area contributed by atoms with Crippen molar-refractivity contribution in [1.29, 1.82) is 0 Å². The maximum Gasteiger partial charge on any atom is 0.120 e. The largest absolute Gasteiger partial charge is 0.501 e. The first-order chi connectivity index (χ1) is 27.2. The second-order valence-corrected chi connectivity index (χ2v) is 21.0. The fourth-order valence-corrected chi connectivity index (χ4v) is 9.50. The van der Waals surface area contributed by atoms with E-state index < -0.39 is 8.07 Å². The molecule has 10 rings (SSSR count). The fraction of sp³-hybridized carbons (Fsp3) is 0.137. The molecule has 6 heteroatoms. The van der Waals surface area contributed by atoms with Crippen molar-refractivity contribution in [2.24, 2.45) is 5.92 Å². The molecule has 283 valence electrons. The standard InChI is InChI=1S/C33H19N2O.C18H24NSi.Ir/c1-2-11-23-20-30-28(19-22(23)10-1)34-33(35(30)29-17-7-12-21-9-3-4-13-24(21)29)27-16-8-15-26-25-14-5-6-18-31(25)36-32(26)27;1-14(2)11-16-12-17(15-9-7-6-8-10-15)19-13-18(16)20(3,4)5;/h1-15,17-20H;6-9,12-14H,11H2,1-5H3;/q2*-1;. The van der Waals surface area contributed by atoms with Crippen LogP contribution < -0.4 is 5.19 Å². The van der Waals surface area contributed by atoms with Crippen molar-refractivity contribution in [3.63, 3.8) is 0 Å². The van der Waals surface area contributed by atoms with Gasteiger partial charge in [0.15, 0.2) is 0 Å². The quantitative estimate of drug-likeness (QED) is 0.123. The van der Waals surface area contributed by atoms with Gasteiger partial charge < -0.3 is 14.0 Å². The van der Waals surface area contributed by atoms with Crippen LogP contribution in [0.4, 0.5) is 0 Å². The van der Waals surface area contributed by atoms with Crippen molar-refractivity contribution in [1.82, 2.24) is 14.5 Å². The molecule has 0 saturated carbocycles. The molecule has 0 unspecified atom stereocenters. The molecule has 3 aromatic heterocycles. The third-order valence-electron chi connectivity index (χ3n) is 10.5. The third-order valence-corrected chi connectivity index (χ3v) is 12.6. The van der Waals surface area contributed by atoms with E-state index in [-0.39, 0.29) is 20.1 Å². The van der Waals surface area contributed by atoms with E-state index in [1.54, 1.807) is 0 Å². The SMILES string of the molecule is CC(C)Cc1cc(-c2[c-]cccc2)ncc1[Si](C)(C)C.[Ir].[c-]1ccc2c(oc3ccccc32)c1-c1nc2cc3ccccc3cc2n1-c1cccc2ccccc12. The van der Waals surface area contributed by atoms with Gasteiger partial charge in [0, 0.05) is 42.8 Å². The molecule has 0 aliphatic rings. The number of fused-ring (bicyclic) bond motifs is 6. The number of para-hydroxylation sites is 1. The smallest absolute Gasteiger partial charge is 0.120 e. The number of pyridine rings is 1. The van der Waals surface area contributed by atoms with Crippen LogP contribution in [0.1, 0.15) is 19.4 Å². The molecule has 4 nitrogen and oxygen atoms in total. The molecule has 0 spiro atoms. The number of nitrogens with zero attached hydrogens (tertiary/aromatic N) is 3. The van der Waals surface area contributed by atoms with Gasteiger partial charge in [-0.15, -0.1) is 54.1 Å². The van der Waals surface area contributed by atoms with Crippen LogP contribution in [0.5, 0.6) is 0 Å². The molecule has 0 fully saturated rings. The normalized spacial score (nSPS) is 11.7. The Hall–Kier alpha value is -5.65. The van der Waals surface area contributed by atoms with Gasteiger partial charge in [0.05, 0.1) is 30.5 Å². The number of rotatable bonds is 6. The van der Waals surface area contributed by atoms with Gasteiger partial charge in [-0.25, -0.2) is 0 Å². The van der Waals surface area contributed by atoms with Gasteiger partial charge in [0.25, 0.3) is 0 Å². The Balaban J connectivity index is 0.000000186. The number of hydrogen-bond donors (Lipinski definition) is 0. The second-order valence-electron chi connectivity index (χ2n) is 16.0. The number of furan rings is 1. The summed E-state index contributed by atoms with van der Waals surface area (Å²) in [6.45, 7) is 11.7. The summed E-state index contributed by atoms with van der Waals surface area (Å²) in [5, 5.41) is 8.38. The third kappa shape index (κ3) is 7.37. The molecule has 57 heavy (non-hydrogen) atoms. The van der Waals surface area contributed by atoms with E-state index in [2.05, 4.69) is 164 Å². The van der Waals surface area contributed by atoms with Crippen LogP contribution in [0.15, 0.2) is 156 Å². The van der Waals surface area contributed by atoms with Gasteiger partial charge in [-0.2, -0.15) is 0 Å². The van der Waals surface area contributed by atoms with Gasteiger partial charge in [0.1, 0.15) is 5.58 Å². The van der Waals surface area contributed by atoms with E-state index in [9.17, 15) is 0 Å². The number of hydrogen-bond acceptors (Lipinski definition) is 3. The number of benzene rings is 7. The van der Waals surface area contributed by atoms with Crippen LogP contribution in [0.25, 0.3) is 82.8 Å². The molecule has 3 heterocycles. The summed E-state index contributed by atoms with van der Waals surface area (Å²) in [5.74, 6) is 1.49. The average molecular weight is 934 g/mol.